The van der Waals surface area contributed by atoms with E-state index in [4.69, 9.17) is 0 Å². The largest absolute Gasteiger partial charge is 0.391 e. The summed E-state index contributed by atoms with van der Waals surface area (Å²) in [6.45, 7) is 5.81. The molecule has 1 heterocycles. The molecule has 13 heavy (non-hydrogen) atoms. The van der Waals surface area contributed by atoms with Crippen molar-refractivity contribution >= 4 is 0 Å². The molecule has 1 N–H and O–H groups in total. The van der Waals surface area contributed by atoms with Crippen LogP contribution in [0.5, 0.6) is 0 Å². The molecule has 0 radical (unpaired) electrons. The van der Waals surface area contributed by atoms with Gasteiger partial charge in [-0.1, -0.05) is 0 Å². The van der Waals surface area contributed by atoms with Crippen LogP contribution in [0.15, 0.2) is 0 Å². The third-order valence-electron chi connectivity index (χ3n) is 3.81. The summed E-state index contributed by atoms with van der Waals surface area (Å²) in [7, 11) is 0. The summed E-state index contributed by atoms with van der Waals surface area (Å²) in [5, 5.41) is 9.84. The Labute approximate surface area is 80.9 Å². The SMILES string of the molecule is CC1(C)CCCN1[C@@H]1CCC[C@H]1O. The second-order valence-corrected chi connectivity index (χ2v) is 5.17. The predicted molar refractivity (Wildman–Crippen MR) is 53.7 cm³/mol. The summed E-state index contributed by atoms with van der Waals surface area (Å²) >= 11 is 0. The monoisotopic (exact) mass is 183 g/mol. The summed E-state index contributed by atoms with van der Waals surface area (Å²) in [5.41, 5.74) is 0.329. The average molecular weight is 183 g/mol. The zero-order valence-electron chi connectivity index (χ0n) is 8.79. The molecule has 2 atom stereocenters. The van der Waals surface area contributed by atoms with E-state index in [9.17, 15) is 5.11 Å². The maximum atomic E-state index is 9.84. The molecule has 0 bridgehead atoms. The Morgan fingerprint density at radius 1 is 1.23 bits per heavy atom. The normalized spacial score (nSPS) is 39.9. The second-order valence-electron chi connectivity index (χ2n) is 5.17. The Kier molecular flexibility index (Phi) is 2.37. The van der Waals surface area contributed by atoms with Crippen LogP contribution in [-0.2, 0) is 0 Å². The van der Waals surface area contributed by atoms with E-state index in [2.05, 4.69) is 18.7 Å². The van der Waals surface area contributed by atoms with Gasteiger partial charge in [0, 0.05) is 11.6 Å². The third-order valence-corrected chi connectivity index (χ3v) is 3.81. The summed E-state index contributed by atoms with van der Waals surface area (Å²) in [6.07, 6.45) is 5.95. The lowest BCUT2D eigenvalue weighted by molar-refractivity contribution is 0.0344. The first-order valence-electron chi connectivity index (χ1n) is 5.56. The van der Waals surface area contributed by atoms with Gasteiger partial charge in [0.05, 0.1) is 6.10 Å². The van der Waals surface area contributed by atoms with E-state index in [1.54, 1.807) is 0 Å². The van der Waals surface area contributed by atoms with Gasteiger partial charge in [-0.05, 0) is 52.5 Å². The molecule has 0 amide bonds. The molecule has 0 aromatic heterocycles. The van der Waals surface area contributed by atoms with Gasteiger partial charge in [0.25, 0.3) is 0 Å². The third kappa shape index (κ3) is 1.62. The first-order valence-corrected chi connectivity index (χ1v) is 5.56. The molecular formula is C11H21NO. The minimum Gasteiger partial charge on any atom is -0.391 e. The number of aliphatic hydroxyl groups is 1. The van der Waals surface area contributed by atoms with Crippen molar-refractivity contribution in [2.45, 2.75) is 63.6 Å². The summed E-state index contributed by atoms with van der Waals surface area (Å²) in [6, 6.07) is 0.456. The van der Waals surface area contributed by atoms with Gasteiger partial charge in [-0.15, -0.1) is 0 Å². The molecule has 2 heteroatoms. The Bertz CT molecular complexity index is 191. The van der Waals surface area contributed by atoms with Crippen LogP contribution in [0.25, 0.3) is 0 Å². The fraction of sp³-hybridized carbons (Fsp3) is 1.00. The Balaban J connectivity index is 2.07. The topological polar surface area (TPSA) is 23.5 Å². The van der Waals surface area contributed by atoms with Crippen molar-refractivity contribution in [2.24, 2.45) is 0 Å². The van der Waals surface area contributed by atoms with Crippen LogP contribution < -0.4 is 0 Å². The zero-order chi connectivity index (χ0) is 9.47. The summed E-state index contributed by atoms with van der Waals surface area (Å²) < 4.78 is 0. The van der Waals surface area contributed by atoms with E-state index in [0.29, 0.717) is 11.6 Å². The molecule has 1 saturated carbocycles. The summed E-state index contributed by atoms with van der Waals surface area (Å²) in [5.74, 6) is 0. The van der Waals surface area contributed by atoms with E-state index >= 15 is 0 Å². The van der Waals surface area contributed by atoms with Crippen molar-refractivity contribution in [3.05, 3.63) is 0 Å². The van der Waals surface area contributed by atoms with Crippen molar-refractivity contribution in [1.82, 2.24) is 4.90 Å². The number of aliphatic hydroxyl groups excluding tert-OH is 1. The quantitative estimate of drug-likeness (QED) is 0.670. The molecule has 0 spiro atoms. The van der Waals surface area contributed by atoms with Gasteiger partial charge in [-0.25, -0.2) is 0 Å². The number of hydrogen-bond acceptors (Lipinski definition) is 2. The van der Waals surface area contributed by atoms with Gasteiger partial charge in [-0.2, -0.15) is 0 Å². The van der Waals surface area contributed by atoms with Crippen LogP contribution in [-0.4, -0.2) is 34.2 Å². The highest BCUT2D eigenvalue weighted by Crippen LogP contribution is 2.36. The lowest BCUT2D eigenvalue weighted by atomic mass is 9.99. The molecular weight excluding hydrogens is 162 g/mol. The minimum atomic E-state index is -0.0580. The van der Waals surface area contributed by atoms with Crippen molar-refractivity contribution in [3.8, 4) is 0 Å². The first kappa shape index (κ1) is 9.47. The number of nitrogens with zero attached hydrogens (tertiary/aromatic N) is 1. The first-order chi connectivity index (χ1) is 6.11. The maximum Gasteiger partial charge on any atom is 0.0695 e. The number of rotatable bonds is 1. The highest BCUT2D eigenvalue weighted by Gasteiger charge is 2.41. The molecule has 2 nitrogen and oxygen atoms in total. The molecule has 76 valence electrons. The van der Waals surface area contributed by atoms with Crippen molar-refractivity contribution in [2.75, 3.05) is 6.54 Å². The molecule has 2 rings (SSSR count). The number of likely N-dealkylation sites (tertiary alicyclic amines) is 1. The smallest absolute Gasteiger partial charge is 0.0695 e. The maximum absolute atomic E-state index is 9.84. The molecule has 0 unspecified atom stereocenters. The molecule has 0 aromatic rings. The predicted octanol–water partition coefficient (Wildman–Crippen LogP) is 1.77. The van der Waals surface area contributed by atoms with Gasteiger partial charge in [0.15, 0.2) is 0 Å². The Morgan fingerprint density at radius 3 is 2.46 bits per heavy atom. The van der Waals surface area contributed by atoms with Crippen LogP contribution in [0, 0.1) is 0 Å². The van der Waals surface area contributed by atoms with Gasteiger partial charge >= 0.3 is 0 Å². The molecule has 1 aliphatic heterocycles. The lowest BCUT2D eigenvalue weighted by Crippen LogP contribution is -2.48. The van der Waals surface area contributed by atoms with E-state index in [-0.39, 0.29) is 6.10 Å². The molecule has 1 aliphatic carbocycles. The van der Waals surface area contributed by atoms with Crippen LogP contribution in [0.3, 0.4) is 0 Å². The van der Waals surface area contributed by atoms with Crippen LogP contribution in [0.1, 0.15) is 46.0 Å². The van der Waals surface area contributed by atoms with Crippen molar-refractivity contribution < 1.29 is 5.11 Å². The second kappa shape index (κ2) is 3.25. The zero-order valence-corrected chi connectivity index (χ0v) is 8.79. The van der Waals surface area contributed by atoms with Crippen LogP contribution >= 0.6 is 0 Å². The van der Waals surface area contributed by atoms with Gasteiger partial charge in [-0.3, -0.25) is 4.90 Å². The van der Waals surface area contributed by atoms with Crippen molar-refractivity contribution in [3.63, 3.8) is 0 Å². The molecule has 0 aromatic carbocycles. The van der Waals surface area contributed by atoms with Gasteiger partial charge in [0.1, 0.15) is 0 Å². The molecule has 2 aliphatic rings. The average Bonchev–Trinajstić information content (AvgIpc) is 2.56. The van der Waals surface area contributed by atoms with E-state index in [1.807, 2.05) is 0 Å². The number of hydrogen-bond donors (Lipinski definition) is 1. The van der Waals surface area contributed by atoms with E-state index in [0.717, 1.165) is 6.42 Å². The minimum absolute atomic E-state index is 0.0580. The lowest BCUT2D eigenvalue weighted by Gasteiger charge is -2.38. The Morgan fingerprint density at radius 2 is 2.00 bits per heavy atom. The van der Waals surface area contributed by atoms with Gasteiger partial charge in [0.2, 0.25) is 0 Å². The Hall–Kier alpha value is -0.0800. The van der Waals surface area contributed by atoms with E-state index in [1.165, 1.54) is 32.2 Å². The highest BCUT2D eigenvalue weighted by atomic mass is 16.3. The van der Waals surface area contributed by atoms with Crippen molar-refractivity contribution in [1.29, 1.82) is 0 Å². The standard InChI is InChI=1S/C11H21NO/c1-11(2)7-4-8-12(11)9-5-3-6-10(9)13/h9-10,13H,3-8H2,1-2H3/t9-,10-/m1/s1. The van der Waals surface area contributed by atoms with Crippen LogP contribution in [0.2, 0.25) is 0 Å². The molecule has 2 fully saturated rings. The fourth-order valence-corrected chi connectivity index (χ4v) is 3.03. The molecule has 1 saturated heterocycles. The fourth-order valence-electron chi connectivity index (χ4n) is 3.03. The van der Waals surface area contributed by atoms with E-state index < -0.39 is 0 Å². The highest BCUT2D eigenvalue weighted by molar-refractivity contribution is 4.96. The summed E-state index contributed by atoms with van der Waals surface area (Å²) in [4.78, 5) is 2.53. The van der Waals surface area contributed by atoms with Crippen LogP contribution in [0.4, 0.5) is 0 Å². The van der Waals surface area contributed by atoms with Gasteiger partial charge < -0.3 is 5.11 Å².